The van der Waals surface area contributed by atoms with E-state index in [1.54, 1.807) is 0 Å². The van der Waals surface area contributed by atoms with Crippen LogP contribution in [0.2, 0.25) is 0 Å². The summed E-state index contributed by atoms with van der Waals surface area (Å²) in [4.78, 5) is 18.5. The van der Waals surface area contributed by atoms with Crippen LogP contribution in [0.5, 0.6) is 0 Å². The molecule has 1 amide bonds. The molecule has 1 heterocycles. The maximum atomic E-state index is 12.0. The lowest BCUT2D eigenvalue weighted by Gasteiger charge is -2.26. The Labute approximate surface area is 117 Å². The molecule has 0 saturated carbocycles. The van der Waals surface area contributed by atoms with E-state index in [-0.39, 0.29) is 6.09 Å². The van der Waals surface area contributed by atoms with Gasteiger partial charge in [0.25, 0.3) is 0 Å². The number of carbonyl (C=O) groups excluding carboxylic acids is 1. The molecule has 0 radical (unpaired) electrons. The zero-order valence-corrected chi connectivity index (χ0v) is 13.1. The van der Waals surface area contributed by atoms with Crippen LogP contribution in [0.1, 0.15) is 27.2 Å². The number of hydrogen-bond donors (Lipinski definition) is 0. The first-order chi connectivity index (χ1) is 8.78. The van der Waals surface area contributed by atoms with Gasteiger partial charge in [-0.25, -0.2) is 4.79 Å². The van der Waals surface area contributed by atoms with Gasteiger partial charge >= 0.3 is 6.09 Å². The zero-order chi connectivity index (χ0) is 14.5. The highest BCUT2D eigenvalue weighted by atomic mass is 16.6. The Morgan fingerprint density at radius 1 is 1.16 bits per heavy atom. The maximum Gasteiger partial charge on any atom is 0.410 e. The van der Waals surface area contributed by atoms with Crippen molar-refractivity contribution in [2.75, 3.05) is 53.4 Å². The maximum absolute atomic E-state index is 12.0. The standard InChI is InChI=1S/C14H29N3O2/c1-14(2,3)19-13(18)17-8-6-7-16(11-12-17)10-9-15(4)5/h6-12H2,1-5H3. The fourth-order valence-electron chi connectivity index (χ4n) is 2.04. The lowest BCUT2D eigenvalue weighted by molar-refractivity contribution is 0.0257. The molecule has 0 bridgehead atoms. The van der Waals surface area contributed by atoms with Crippen molar-refractivity contribution in [3.63, 3.8) is 0 Å². The van der Waals surface area contributed by atoms with E-state index in [0.717, 1.165) is 45.7 Å². The second kappa shape index (κ2) is 7.10. The lowest BCUT2D eigenvalue weighted by atomic mass is 10.2. The second-order valence-corrected chi connectivity index (χ2v) is 6.47. The molecule has 0 aliphatic carbocycles. The fraction of sp³-hybridized carbons (Fsp3) is 0.929. The number of amides is 1. The summed E-state index contributed by atoms with van der Waals surface area (Å²) in [5.74, 6) is 0. The van der Waals surface area contributed by atoms with Gasteiger partial charge in [-0.2, -0.15) is 0 Å². The number of likely N-dealkylation sites (N-methyl/N-ethyl adjacent to an activating group) is 1. The number of nitrogens with zero attached hydrogens (tertiary/aromatic N) is 3. The van der Waals surface area contributed by atoms with E-state index in [2.05, 4.69) is 23.9 Å². The van der Waals surface area contributed by atoms with Gasteiger partial charge in [0, 0.05) is 32.7 Å². The highest BCUT2D eigenvalue weighted by molar-refractivity contribution is 5.68. The fourth-order valence-corrected chi connectivity index (χ4v) is 2.04. The third-order valence-electron chi connectivity index (χ3n) is 3.10. The van der Waals surface area contributed by atoms with Crippen LogP contribution in [0.4, 0.5) is 4.79 Å². The monoisotopic (exact) mass is 271 g/mol. The van der Waals surface area contributed by atoms with Crippen LogP contribution in [-0.4, -0.2) is 79.8 Å². The first-order valence-corrected chi connectivity index (χ1v) is 7.13. The molecular formula is C14H29N3O2. The number of ether oxygens (including phenoxy) is 1. The Balaban J connectivity index is 2.39. The molecule has 0 N–H and O–H groups in total. The minimum atomic E-state index is -0.409. The smallest absolute Gasteiger partial charge is 0.410 e. The van der Waals surface area contributed by atoms with Crippen LogP contribution < -0.4 is 0 Å². The Hall–Kier alpha value is -0.810. The van der Waals surface area contributed by atoms with Crippen molar-refractivity contribution in [1.29, 1.82) is 0 Å². The topological polar surface area (TPSA) is 36.0 Å². The third kappa shape index (κ3) is 6.78. The average Bonchev–Trinajstić information content (AvgIpc) is 2.49. The molecule has 0 unspecified atom stereocenters. The summed E-state index contributed by atoms with van der Waals surface area (Å²) in [6.07, 6.45) is 0.842. The van der Waals surface area contributed by atoms with Gasteiger partial charge < -0.3 is 19.4 Å². The van der Waals surface area contributed by atoms with Crippen molar-refractivity contribution in [3.05, 3.63) is 0 Å². The highest BCUT2D eigenvalue weighted by Gasteiger charge is 2.24. The molecule has 1 rings (SSSR count). The van der Waals surface area contributed by atoms with Gasteiger partial charge in [-0.1, -0.05) is 0 Å². The Bertz CT molecular complexity index is 287. The summed E-state index contributed by atoms with van der Waals surface area (Å²) >= 11 is 0. The van der Waals surface area contributed by atoms with Gasteiger partial charge in [0.05, 0.1) is 0 Å². The SMILES string of the molecule is CN(C)CCN1CCCN(C(=O)OC(C)(C)C)CC1. The summed E-state index contributed by atoms with van der Waals surface area (Å²) < 4.78 is 5.43. The summed E-state index contributed by atoms with van der Waals surface area (Å²) in [6.45, 7) is 11.4. The predicted octanol–water partition coefficient (Wildman–Crippen LogP) is 1.49. The summed E-state index contributed by atoms with van der Waals surface area (Å²) in [5.41, 5.74) is -0.409. The van der Waals surface area contributed by atoms with Crippen molar-refractivity contribution in [2.24, 2.45) is 0 Å². The van der Waals surface area contributed by atoms with Crippen LogP contribution >= 0.6 is 0 Å². The third-order valence-corrected chi connectivity index (χ3v) is 3.10. The molecular weight excluding hydrogens is 242 g/mol. The molecule has 5 heteroatoms. The minimum absolute atomic E-state index is 0.179. The Morgan fingerprint density at radius 3 is 2.42 bits per heavy atom. The molecule has 0 aromatic carbocycles. The number of carbonyl (C=O) groups is 1. The van der Waals surface area contributed by atoms with Crippen LogP contribution in [0.25, 0.3) is 0 Å². The van der Waals surface area contributed by atoms with Crippen LogP contribution in [0, 0.1) is 0 Å². The highest BCUT2D eigenvalue weighted by Crippen LogP contribution is 2.12. The number of hydrogen-bond acceptors (Lipinski definition) is 4. The first kappa shape index (κ1) is 16.2. The molecule has 1 fully saturated rings. The van der Waals surface area contributed by atoms with E-state index in [4.69, 9.17) is 4.74 Å². The average molecular weight is 271 g/mol. The first-order valence-electron chi connectivity index (χ1n) is 7.13. The molecule has 112 valence electrons. The molecule has 1 aliphatic heterocycles. The molecule has 0 atom stereocenters. The van der Waals surface area contributed by atoms with E-state index in [1.807, 2.05) is 25.7 Å². The van der Waals surface area contributed by atoms with Crippen molar-refractivity contribution < 1.29 is 9.53 Å². The molecule has 0 aromatic heterocycles. The van der Waals surface area contributed by atoms with Gasteiger partial charge in [-0.05, 0) is 47.8 Å². The van der Waals surface area contributed by atoms with Gasteiger partial charge in [0.2, 0.25) is 0 Å². The van der Waals surface area contributed by atoms with Crippen LogP contribution in [0.3, 0.4) is 0 Å². The van der Waals surface area contributed by atoms with Gasteiger partial charge in [0.15, 0.2) is 0 Å². The van der Waals surface area contributed by atoms with Crippen LogP contribution in [0.15, 0.2) is 0 Å². The van der Waals surface area contributed by atoms with Crippen molar-refractivity contribution >= 4 is 6.09 Å². The van der Waals surface area contributed by atoms with E-state index < -0.39 is 5.60 Å². The van der Waals surface area contributed by atoms with E-state index in [1.165, 1.54) is 0 Å². The summed E-state index contributed by atoms with van der Waals surface area (Å²) in [5, 5.41) is 0. The molecule has 5 nitrogen and oxygen atoms in total. The zero-order valence-electron chi connectivity index (χ0n) is 13.1. The molecule has 0 spiro atoms. The molecule has 19 heavy (non-hydrogen) atoms. The molecule has 1 aliphatic rings. The lowest BCUT2D eigenvalue weighted by Crippen LogP contribution is -2.39. The quantitative estimate of drug-likeness (QED) is 0.779. The van der Waals surface area contributed by atoms with Crippen molar-refractivity contribution in [3.8, 4) is 0 Å². The van der Waals surface area contributed by atoms with Crippen molar-refractivity contribution in [1.82, 2.24) is 14.7 Å². The van der Waals surface area contributed by atoms with E-state index >= 15 is 0 Å². The van der Waals surface area contributed by atoms with Crippen LogP contribution in [-0.2, 0) is 4.74 Å². The van der Waals surface area contributed by atoms with Crippen molar-refractivity contribution in [2.45, 2.75) is 32.8 Å². The van der Waals surface area contributed by atoms with Gasteiger partial charge in [-0.3, -0.25) is 0 Å². The normalized spacial score (nSPS) is 18.5. The Kier molecular flexibility index (Phi) is 6.07. The number of rotatable bonds is 3. The molecule has 0 aromatic rings. The predicted molar refractivity (Wildman–Crippen MR) is 77.4 cm³/mol. The largest absolute Gasteiger partial charge is 0.444 e. The molecule has 1 saturated heterocycles. The summed E-state index contributed by atoms with van der Waals surface area (Å²) in [6, 6.07) is 0. The van der Waals surface area contributed by atoms with Gasteiger partial charge in [-0.15, -0.1) is 0 Å². The second-order valence-electron chi connectivity index (χ2n) is 6.47. The van der Waals surface area contributed by atoms with Gasteiger partial charge in [0.1, 0.15) is 5.60 Å². The van der Waals surface area contributed by atoms with E-state index in [9.17, 15) is 4.79 Å². The minimum Gasteiger partial charge on any atom is -0.444 e. The summed E-state index contributed by atoms with van der Waals surface area (Å²) in [7, 11) is 4.18. The Morgan fingerprint density at radius 2 is 1.84 bits per heavy atom. The van der Waals surface area contributed by atoms with E-state index in [0.29, 0.717) is 0 Å².